The summed E-state index contributed by atoms with van der Waals surface area (Å²) in [6.45, 7) is 6.06. The Morgan fingerprint density at radius 2 is 2.13 bits per heavy atom. The van der Waals surface area contributed by atoms with Gasteiger partial charge in [-0.3, -0.25) is 4.79 Å². The molecule has 0 aliphatic carbocycles. The van der Waals surface area contributed by atoms with Crippen molar-refractivity contribution >= 4 is 34.3 Å². The van der Waals surface area contributed by atoms with E-state index >= 15 is 0 Å². The molecule has 0 spiro atoms. The number of hydrogen-bond acceptors (Lipinski definition) is 6. The van der Waals surface area contributed by atoms with Crippen molar-refractivity contribution in [1.29, 1.82) is 0 Å². The van der Waals surface area contributed by atoms with Gasteiger partial charge in [-0.15, -0.1) is 5.10 Å². The number of fused-ring (bicyclic) bond motifs is 1. The third kappa shape index (κ3) is 3.37. The van der Waals surface area contributed by atoms with Crippen molar-refractivity contribution in [3.63, 3.8) is 0 Å². The molecular formula is C14H15ClN6OS. The van der Waals surface area contributed by atoms with Gasteiger partial charge in [0.25, 0.3) is 5.56 Å². The van der Waals surface area contributed by atoms with Crippen molar-refractivity contribution in [1.82, 2.24) is 30.2 Å². The molecule has 0 radical (unpaired) electrons. The molecule has 9 heteroatoms. The van der Waals surface area contributed by atoms with Crippen molar-refractivity contribution in [3.8, 4) is 0 Å². The SMILES string of the molecule is CC(C)(C)n1nnnc1SCc1nc2ccc(Cl)cc2c(=O)[nH]1. The number of H-pyrrole nitrogens is 1. The van der Waals surface area contributed by atoms with E-state index in [1.54, 1.807) is 22.9 Å². The van der Waals surface area contributed by atoms with Crippen molar-refractivity contribution in [2.75, 3.05) is 0 Å². The van der Waals surface area contributed by atoms with E-state index in [1.165, 1.54) is 11.8 Å². The van der Waals surface area contributed by atoms with Gasteiger partial charge >= 0.3 is 0 Å². The van der Waals surface area contributed by atoms with Crippen molar-refractivity contribution < 1.29 is 0 Å². The lowest BCUT2D eigenvalue weighted by atomic mass is 10.1. The minimum atomic E-state index is -0.215. The van der Waals surface area contributed by atoms with Crippen LogP contribution in [0.2, 0.25) is 5.02 Å². The van der Waals surface area contributed by atoms with Gasteiger partial charge in [0.15, 0.2) is 0 Å². The van der Waals surface area contributed by atoms with Crippen molar-refractivity contribution in [2.24, 2.45) is 0 Å². The molecule has 7 nitrogen and oxygen atoms in total. The number of benzene rings is 1. The molecule has 0 aliphatic heterocycles. The maximum Gasteiger partial charge on any atom is 0.258 e. The monoisotopic (exact) mass is 350 g/mol. The Morgan fingerprint density at radius 1 is 1.35 bits per heavy atom. The van der Waals surface area contributed by atoms with E-state index < -0.39 is 0 Å². The second-order valence-electron chi connectivity index (χ2n) is 6.01. The number of nitrogens with one attached hydrogen (secondary N) is 1. The number of rotatable bonds is 3. The maximum atomic E-state index is 12.1. The number of halogens is 1. The molecule has 0 aliphatic rings. The number of aromatic amines is 1. The molecule has 0 bridgehead atoms. The minimum Gasteiger partial charge on any atom is -0.309 e. The fourth-order valence-corrected chi connectivity index (χ4v) is 3.15. The zero-order valence-electron chi connectivity index (χ0n) is 12.9. The summed E-state index contributed by atoms with van der Waals surface area (Å²) in [5.41, 5.74) is 0.194. The Hall–Kier alpha value is -1.93. The number of hydrogen-bond donors (Lipinski definition) is 1. The van der Waals surface area contributed by atoms with Gasteiger partial charge in [0, 0.05) is 5.02 Å². The lowest BCUT2D eigenvalue weighted by Gasteiger charge is -2.19. The third-order valence-corrected chi connectivity index (χ3v) is 4.30. The van der Waals surface area contributed by atoms with E-state index in [0.717, 1.165) is 0 Å². The molecule has 0 atom stereocenters. The molecule has 2 aromatic heterocycles. The van der Waals surface area contributed by atoms with E-state index in [-0.39, 0.29) is 11.1 Å². The van der Waals surface area contributed by atoms with Gasteiger partial charge in [0.05, 0.1) is 22.2 Å². The molecule has 1 aromatic carbocycles. The molecule has 0 amide bonds. The lowest BCUT2D eigenvalue weighted by Crippen LogP contribution is -2.24. The van der Waals surface area contributed by atoms with Crippen LogP contribution in [-0.4, -0.2) is 30.2 Å². The highest BCUT2D eigenvalue weighted by atomic mass is 35.5. The van der Waals surface area contributed by atoms with E-state index in [9.17, 15) is 4.79 Å². The fourth-order valence-electron chi connectivity index (χ4n) is 2.05. The Bertz CT molecular complexity index is 914. The Balaban J connectivity index is 1.87. The Labute approximate surface area is 141 Å². The highest BCUT2D eigenvalue weighted by Crippen LogP contribution is 2.24. The summed E-state index contributed by atoms with van der Waals surface area (Å²) in [5, 5.41) is 13.4. The summed E-state index contributed by atoms with van der Waals surface area (Å²) in [5.74, 6) is 1.03. The first-order chi connectivity index (χ1) is 10.8. The van der Waals surface area contributed by atoms with Crippen LogP contribution in [0.1, 0.15) is 26.6 Å². The topological polar surface area (TPSA) is 89.3 Å². The zero-order valence-corrected chi connectivity index (χ0v) is 14.4. The Morgan fingerprint density at radius 3 is 2.87 bits per heavy atom. The Kier molecular flexibility index (Phi) is 4.11. The van der Waals surface area contributed by atoms with Crippen molar-refractivity contribution in [2.45, 2.75) is 37.2 Å². The summed E-state index contributed by atoms with van der Waals surface area (Å²) in [7, 11) is 0. The van der Waals surface area contributed by atoms with E-state index in [2.05, 4.69) is 25.5 Å². The van der Waals surface area contributed by atoms with Gasteiger partial charge in [-0.25, -0.2) is 9.67 Å². The molecular weight excluding hydrogens is 336 g/mol. The maximum absolute atomic E-state index is 12.1. The number of nitrogens with zero attached hydrogens (tertiary/aromatic N) is 5. The average Bonchev–Trinajstić information content (AvgIpc) is 2.94. The quantitative estimate of drug-likeness (QED) is 0.730. The van der Waals surface area contributed by atoms with Crippen LogP contribution in [0, 0.1) is 0 Å². The van der Waals surface area contributed by atoms with Crippen LogP contribution in [0.4, 0.5) is 0 Å². The summed E-state index contributed by atoms with van der Waals surface area (Å²) >= 11 is 7.33. The van der Waals surface area contributed by atoms with Gasteiger partial charge < -0.3 is 4.98 Å². The van der Waals surface area contributed by atoms with Gasteiger partial charge in [-0.1, -0.05) is 23.4 Å². The minimum absolute atomic E-state index is 0.205. The summed E-state index contributed by atoms with van der Waals surface area (Å²) < 4.78 is 1.75. The summed E-state index contributed by atoms with van der Waals surface area (Å²) in [6.07, 6.45) is 0. The average molecular weight is 351 g/mol. The van der Waals surface area contributed by atoms with Gasteiger partial charge in [-0.2, -0.15) is 0 Å². The van der Waals surface area contributed by atoms with Crippen LogP contribution in [0.15, 0.2) is 28.2 Å². The molecule has 1 N–H and O–H groups in total. The number of aromatic nitrogens is 6. The van der Waals surface area contributed by atoms with Crippen LogP contribution in [0.5, 0.6) is 0 Å². The molecule has 3 aromatic rings. The van der Waals surface area contributed by atoms with Crippen LogP contribution in [0.25, 0.3) is 10.9 Å². The van der Waals surface area contributed by atoms with E-state index in [1.807, 2.05) is 20.8 Å². The normalized spacial score (nSPS) is 12.0. The molecule has 2 heterocycles. The molecule has 120 valence electrons. The van der Waals surface area contributed by atoms with Crippen LogP contribution in [0.3, 0.4) is 0 Å². The smallest absolute Gasteiger partial charge is 0.258 e. The van der Waals surface area contributed by atoms with Gasteiger partial charge in [0.2, 0.25) is 5.16 Å². The van der Waals surface area contributed by atoms with Gasteiger partial charge in [0.1, 0.15) is 5.82 Å². The largest absolute Gasteiger partial charge is 0.309 e. The van der Waals surface area contributed by atoms with E-state index in [4.69, 9.17) is 11.6 Å². The predicted molar refractivity (Wildman–Crippen MR) is 89.7 cm³/mol. The second-order valence-corrected chi connectivity index (χ2v) is 7.39. The molecule has 0 unspecified atom stereocenters. The highest BCUT2D eigenvalue weighted by molar-refractivity contribution is 7.98. The summed E-state index contributed by atoms with van der Waals surface area (Å²) in [4.78, 5) is 19.4. The van der Waals surface area contributed by atoms with Crippen LogP contribution < -0.4 is 5.56 Å². The predicted octanol–water partition coefficient (Wildman–Crippen LogP) is 2.61. The second kappa shape index (κ2) is 5.93. The fraction of sp³-hybridized carbons (Fsp3) is 0.357. The van der Waals surface area contributed by atoms with Gasteiger partial charge in [-0.05, 0) is 49.4 Å². The van der Waals surface area contributed by atoms with Crippen LogP contribution >= 0.6 is 23.4 Å². The van der Waals surface area contributed by atoms with Crippen molar-refractivity contribution in [3.05, 3.63) is 39.4 Å². The lowest BCUT2D eigenvalue weighted by molar-refractivity contribution is 0.321. The zero-order chi connectivity index (χ0) is 16.6. The third-order valence-electron chi connectivity index (χ3n) is 3.13. The first kappa shape index (κ1) is 15.9. The first-order valence-electron chi connectivity index (χ1n) is 6.95. The first-order valence-corrected chi connectivity index (χ1v) is 8.31. The highest BCUT2D eigenvalue weighted by Gasteiger charge is 2.20. The van der Waals surface area contributed by atoms with Crippen LogP contribution in [-0.2, 0) is 11.3 Å². The summed E-state index contributed by atoms with van der Waals surface area (Å²) in [6, 6.07) is 5.06. The van der Waals surface area contributed by atoms with E-state index in [0.29, 0.717) is 32.7 Å². The molecule has 3 rings (SSSR count). The molecule has 0 saturated heterocycles. The number of tetrazole rings is 1. The molecule has 23 heavy (non-hydrogen) atoms. The molecule has 0 saturated carbocycles. The standard InChI is InChI=1S/C14H15ClN6OS/c1-14(2,3)21-13(18-19-20-21)23-7-11-16-10-5-4-8(15)6-9(10)12(22)17-11/h4-6H,7H2,1-3H3,(H,16,17,22). The molecule has 0 fully saturated rings. The number of thioether (sulfide) groups is 1.